The van der Waals surface area contributed by atoms with Gasteiger partial charge in [0.1, 0.15) is 0 Å². The van der Waals surface area contributed by atoms with Crippen LogP contribution in [-0.2, 0) is 0 Å². The second-order valence-corrected chi connectivity index (χ2v) is 2.09. The molecule has 3 nitrogen and oxygen atoms in total. The summed E-state index contributed by atoms with van der Waals surface area (Å²) in [5.41, 5.74) is 0.513. The molecule has 0 aliphatic carbocycles. The van der Waals surface area contributed by atoms with Crippen LogP contribution in [0.15, 0.2) is 34.7 Å². The average molecular weight is 179 g/mol. The van der Waals surface area contributed by atoms with Gasteiger partial charge in [-0.2, -0.15) is 5.11 Å². The topological polar surface area (TPSA) is 47.8 Å². The van der Waals surface area contributed by atoms with Gasteiger partial charge in [-0.1, -0.05) is 11.6 Å². The van der Waals surface area contributed by atoms with Crippen molar-refractivity contribution in [2.75, 3.05) is 0 Å². The molecule has 11 heavy (non-hydrogen) atoms. The van der Waals surface area contributed by atoms with Gasteiger partial charge in [0.2, 0.25) is 0 Å². The maximum absolute atomic E-state index is 9.61. The summed E-state index contributed by atoms with van der Waals surface area (Å²) < 4.78 is 0. The Kier molecular flexibility index (Phi) is 5.50. The number of hydrogen-bond donors (Lipinski definition) is 0. The fourth-order valence-corrected chi connectivity index (χ4v) is 0.681. The van der Waals surface area contributed by atoms with E-state index in [4.69, 9.17) is 11.6 Å². The summed E-state index contributed by atoms with van der Waals surface area (Å²) in [4.78, 5) is 0. The van der Waals surface area contributed by atoms with Crippen molar-refractivity contribution >= 4 is 17.3 Å². The molecule has 0 bridgehead atoms. The number of halogens is 1. The summed E-state index contributed by atoms with van der Waals surface area (Å²) in [6.07, 6.45) is 0. The van der Waals surface area contributed by atoms with E-state index in [0.717, 1.165) is 0 Å². The van der Waals surface area contributed by atoms with E-state index in [2.05, 4.69) is 10.4 Å². The molecule has 1 aromatic rings. The van der Waals surface area contributed by atoms with Crippen molar-refractivity contribution in [2.45, 2.75) is 0 Å². The van der Waals surface area contributed by atoms with Crippen LogP contribution < -0.4 is 29.6 Å². The molecule has 0 heterocycles. The molecule has 0 N–H and O–H groups in total. The Hall–Kier alpha value is -0.0900. The summed E-state index contributed by atoms with van der Waals surface area (Å²) in [6.45, 7) is 0. The van der Waals surface area contributed by atoms with E-state index in [9.17, 15) is 5.21 Å². The normalized spacial score (nSPS) is 9.55. The zero-order chi connectivity index (χ0) is 7.40. The molecule has 0 aliphatic heterocycles. The van der Waals surface area contributed by atoms with Gasteiger partial charge >= 0.3 is 29.6 Å². The predicted molar refractivity (Wildman–Crippen MR) is 39.3 cm³/mol. The van der Waals surface area contributed by atoms with Crippen LogP contribution in [0.1, 0.15) is 0 Å². The fraction of sp³-hybridized carbons (Fsp3) is 0. The second kappa shape index (κ2) is 5.55. The van der Waals surface area contributed by atoms with Crippen LogP contribution >= 0.6 is 11.6 Å². The van der Waals surface area contributed by atoms with Gasteiger partial charge in [-0.3, -0.25) is 0 Å². The molecule has 0 atom stereocenters. The van der Waals surface area contributed by atoms with Gasteiger partial charge in [-0.05, 0) is 24.3 Å². The van der Waals surface area contributed by atoms with Crippen molar-refractivity contribution in [3.05, 3.63) is 34.5 Å². The first kappa shape index (κ1) is 10.9. The van der Waals surface area contributed by atoms with E-state index in [1.54, 1.807) is 24.3 Å². The zero-order valence-electron chi connectivity index (χ0n) is 5.99. The Morgan fingerprint density at radius 1 is 1.18 bits per heavy atom. The maximum atomic E-state index is 9.61. The monoisotopic (exact) mass is 178 g/mol. The van der Waals surface area contributed by atoms with Crippen LogP contribution in [0.2, 0.25) is 5.02 Å². The fourth-order valence-electron chi connectivity index (χ4n) is 0.555. The summed E-state index contributed by atoms with van der Waals surface area (Å²) in [7, 11) is 0. The number of hydrogen-bond acceptors (Lipinski definition) is 3. The maximum Gasteiger partial charge on any atom is 1.00 e. The van der Waals surface area contributed by atoms with Gasteiger partial charge in [0, 0.05) is 5.02 Å². The summed E-state index contributed by atoms with van der Waals surface area (Å²) >= 11 is 5.56. The van der Waals surface area contributed by atoms with Crippen LogP contribution in [0.5, 0.6) is 0 Å². The molecular formula is C6H4ClN2NaO. The summed E-state index contributed by atoms with van der Waals surface area (Å²) in [5.74, 6) is 0. The van der Waals surface area contributed by atoms with Gasteiger partial charge in [0.25, 0.3) is 0 Å². The molecule has 0 radical (unpaired) electrons. The number of nitrogens with zero attached hydrogens (tertiary/aromatic N) is 2. The Labute approximate surface area is 91.3 Å². The first-order chi connectivity index (χ1) is 4.83. The molecule has 0 saturated heterocycles. The van der Waals surface area contributed by atoms with E-state index in [1.165, 1.54) is 0 Å². The Bertz CT molecular complexity index is 237. The molecule has 52 valence electrons. The minimum Gasteiger partial charge on any atom is -0.775 e. The Balaban J connectivity index is 0.000001000. The molecule has 0 saturated carbocycles. The van der Waals surface area contributed by atoms with E-state index in [0.29, 0.717) is 10.7 Å². The molecule has 1 rings (SSSR count). The third kappa shape index (κ3) is 3.72. The Morgan fingerprint density at radius 2 is 1.73 bits per heavy atom. The van der Waals surface area contributed by atoms with E-state index in [1.807, 2.05) is 0 Å². The van der Waals surface area contributed by atoms with Gasteiger partial charge in [0.15, 0.2) is 0 Å². The second-order valence-electron chi connectivity index (χ2n) is 1.66. The SMILES string of the molecule is [Na+].[O-]N=Nc1ccc(Cl)cc1. The van der Waals surface area contributed by atoms with Crippen LogP contribution in [0.3, 0.4) is 0 Å². The first-order valence-electron chi connectivity index (χ1n) is 2.62. The van der Waals surface area contributed by atoms with Gasteiger partial charge < -0.3 is 5.21 Å². The summed E-state index contributed by atoms with van der Waals surface area (Å²) in [6, 6.07) is 6.52. The minimum absolute atomic E-state index is 0. The third-order valence-electron chi connectivity index (χ3n) is 0.983. The van der Waals surface area contributed by atoms with Crippen LogP contribution in [0.25, 0.3) is 0 Å². The quantitative estimate of drug-likeness (QED) is 0.337. The van der Waals surface area contributed by atoms with Crippen molar-refractivity contribution in [1.29, 1.82) is 0 Å². The molecule has 0 spiro atoms. The molecule has 5 heteroatoms. The Morgan fingerprint density at radius 3 is 2.18 bits per heavy atom. The third-order valence-corrected chi connectivity index (χ3v) is 1.23. The van der Waals surface area contributed by atoms with Gasteiger partial charge in [-0.25, -0.2) is 5.28 Å². The molecular weight excluding hydrogens is 175 g/mol. The van der Waals surface area contributed by atoms with Crippen LogP contribution in [0.4, 0.5) is 5.69 Å². The van der Waals surface area contributed by atoms with Crippen molar-refractivity contribution in [1.82, 2.24) is 0 Å². The van der Waals surface area contributed by atoms with Crippen molar-refractivity contribution in [3.8, 4) is 0 Å². The van der Waals surface area contributed by atoms with Crippen molar-refractivity contribution < 1.29 is 29.6 Å². The van der Waals surface area contributed by atoms with Crippen LogP contribution in [0, 0.1) is 5.21 Å². The smallest absolute Gasteiger partial charge is 0.775 e. The molecule has 0 amide bonds. The first-order valence-corrected chi connectivity index (χ1v) is 2.99. The number of benzene rings is 1. The molecule has 0 aliphatic rings. The average Bonchev–Trinajstić information content (AvgIpc) is 1.95. The predicted octanol–water partition coefficient (Wildman–Crippen LogP) is -0.0745. The largest absolute Gasteiger partial charge is 1.00 e. The molecule has 1 aromatic carbocycles. The molecule has 0 aromatic heterocycles. The van der Waals surface area contributed by atoms with Crippen molar-refractivity contribution in [3.63, 3.8) is 0 Å². The zero-order valence-corrected chi connectivity index (χ0v) is 8.75. The standard InChI is InChI=1S/C6H5ClN2O.Na/c7-5-1-3-6(4-2-5)8-9-10;/h1-4H,(H,8,10);/q;+1/p-1. The number of rotatable bonds is 1. The minimum atomic E-state index is 0. The van der Waals surface area contributed by atoms with E-state index < -0.39 is 0 Å². The van der Waals surface area contributed by atoms with Gasteiger partial charge in [-0.15, -0.1) is 0 Å². The van der Waals surface area contributed by atoms with Crippen LogP contribution in [-0.4, -0.2) is 0 Å². The molecule has 0 fully saturated rings. The summed E-state index contributed by atoms with van der Waals surface area (Å²) in [5, 5.41) is 15.9. The molecule has 0 unspecified atom stereocenters. The van der Waals surface area contributed by atoms with E-state index >= 15 is 0 Å². The van der Waals surface area contributed by atoms with Gasteiger partial charge in [0.05, 0.1) is 5.69 Å². The van der Waals surface area contributed by atoms with Crippen molar-refractivity contribution in [2.24, 2.45) is 10.4 Å². The van der Waals surface area contributed by atoms with E-state index in [-0.39, 0.29) is 29.6 Å².